The third-order valence-electron chi connectivity index (χ3n) is 1.45. The number of carboxylic acid groups (broad SMARTS) is 2. The van der Waals surface area contributed by atoms with Crippen LogP contribution in [0.25, 0.3) is 0 Å². The van der Waals surface area contributed by atoms with E-state index in [-0.39, 0.29) is 0 Å². The summed E-state index contributed by atoms with van der Waals surface area (Å²) in [5, 5.41) is 16.9. The molecule has 0 saturated heterocycles. The standard InChI is InChI=1S/C8H14O5/c1-2-3-4-13-6(8(11)12)5-7(9)10/h6H,2-5H2,1H3,(H,9,10)(H,11,12)/t6-/m1/s1. The maximum Gasteiger partial charge on any atom is 0.333 e. The molecule has 0 amide bonds. The first kappa shape index (κ1) is 11.9. The van der Waals surface area contributed by atoms with Crippen molar-refractivity contribution in [2.24, 2.45) is 0 Å². The fourth-order valence-electron chi connectivity index (χ4n) is 0.746. The fraction of sp³-hybridized carbons (Fsp3) is 0.750. The van der Waals surface area contributed by atoms with Crippen molar-refractivity contribution < 1.29 is 24.5 Å². The van der Waals surface area contributed by atoms with Crippen LogP contribution in [0.3, 0.4) is 0 Å². The number of carboxylic acids is 2. The second-order valence-electron chi connectivity index (χ2n) is 2.65. The third-order valence-corrected chi connectivity index (χ3v) is 1.45. The van der Waals surface area contributed by atoms with Gasteiger partial charge in [-0.05, 0) is 6.42 Å². The highest BCUT2D eigenvalue weighted by Gasteiger charge is 2.20. The van der Waals surface area contributed by atoms with E-state index in [0.29, 0.717) is 6.61 Å². The summed E-state index contributed by atoms with van der Waals surface area (Å²) in [7, 11) is 0. The minimum absolute atomic E-state index is 0.292. The van der Waals surface area contributed by atoms with E-state index in [4.69, 9.17) is 14.9 Å². The van der Waals surface area contributed by atoms with Gasteiger partial charge in [-0.2, -0.15) is 0 Å². The van der Waals surface area contributed by atoms with E-state index < -0.39 is 24.5 Å². The Kier molecular flexibility index (Phi) is 5.88. The predicted octanol–water partition coefficient (Wildman–Crippen LogP) is 0.731. The van der Waals surface area contributed by atoms with Crippen LogP contribution in [0, 0.1) is 0 Å². The molecular formula is C8H14O5. The quantitative estimate of drug-likeness (QED) is 0.578. The van der Waals surface area contributed by atoms with E-state index in [1.165, 1.54) is 0 Å². The monoisotopic (exact) mass is 190 g/mol. The van der Waals surface area contributed by atoms with Crippen LogP contribution in [0.15, 0.2) is 0 Å². The van der Waals surface area contributed by atoms with Crippen LogP contribution in [0.5, 0.6) is 0 Å². The van der Waals surface area contributed by atoms with Crippen LogP contribution in [-0.4, -0.2) is 34.9 Å². The summed E-state index contributed by atoms with van der Waals surface area (Å²) in [5.41, 5.74) is 0. The SMILES string of the molecule is CCCCO[C@H](CC(=O)O)C(=O)O. The van der Waals surface area contributed by atoms with E-state index in [2.05, 4.69) is 0 Å². The molecule has 0 spiro atoms. The molecule has 0 aliphatic rings. The molecule has 1 atom stereocenters. The smallest absolute Gasteiger partial charge is 0.333 e. The molecule has 0 aliphatic carbocycles. The van der Waals surface area contributed by atoms with Gasteiger partial charge in [0, 0.05) is 6.61 Å². The highest BCUT2D eigenvalue weighted by Crippen LogP contribution is 2.01. The largest absolute Gasteiger partial charge is 0.481 e. The molecule has 0 radical (unpaired) electrons. The molecule has 0 aromatic carbocycles. The van der Waals surface area contributed by atoms with Crippen LogP contribution < -0.4 is 0 Å². The normalized spacial score (nSPS) is 12.4. The molecular weight excluding hydrogens is 176 g/mol. The van der Waals surface area contributed by atoms with Crippen LogP contribution >= 0.6 is 0 Å². The van der Waals surface area contributed by atoms with Gasteiger partial charge in [0.05, 0.1) is 6.42 Å². The number of ether oxygens (including phenoxy) is 1. The molecule has 0 aromatic rings. The van der Waals surface area contributed by atoms with Gasteiger partial charge in [0.25, 0.3) is 0 Å². The van der Waals surface area contributed by atoms with Crippen molar-refractivity contribution in [2.45, 2.75) is 32.3 Å². The zero-order valence-electron chi connectivity index (χ0n) is 7.52. The van der Waals surface area contributed by atoms with Gasteiger partial charge >= 0.3 is 11.9 Å². The summed E-state index contributed by atoms with van der Waals surface area (Å²) in [6.07, 6.45) is -0.0777. The number of unbranched alkanes of at least 4 members (excludes halogenated alkanes) is 1. The zero-order chi connectivity index (χ0) is 10.3. The predicted molar refractivity (Wildman–Crippen MR) is 44.5 cm³/mol. The minimum Gasteiger partial charge on any atom is -0.481 e. The molecule has 5 heteroatoms. The van der Waals surface area contributed by atoms with E-state index in [1.54, 1.807) is 0 Å². The first-order valence-electron chi connectivity index (χ1n) is 4.14. The Morgan fingerprint density at radius 3 is 2.38 bits per heavy atom. The molecule has 0 aliphatic heterocycles. The second-order valence-corrected chi connectivity index (χ2v) is 2.65. The molecule has 76 valence electrons. The lowest BCUT2D eigenvalue weighted by atomic mass is 10.2. The summed E-state index contributed by atoms with van der Waals surface area (Å²) < 4.78 is 4.87. The lowest BCUT2D eigenvalue weighted by molar-refractivity contribution is -0.156. The number of hydrogen-bond acceptors (Lipinski definition) is 3. The van der Waals surface area contributed by atoms with E-state index in [1.807, 2.05) is 6.92 Å². The van der Waals surface area contributed by atoms with Gasteiger partial charge in [0.2, 0.25) is 0 Å². The number of aliphatic carboxylic acids is 2. The first-order chi connectivity index (χ1) is 6.07. The average Bonchev–Trinajstić information content (AvgIpc) is 2.02. The molecule has 0 aromatic heterocycles. The molecule has 0 unspecified atom stereocenters. The highest BCUT2D eigenvalue weighted by atomic mass is 16.5. The van der Waals surface area contributed by atoms with Gasteiger partial charge in [0.1, 0.15) is 0 Å². The maximum absolute atomic E-state index is 10.4. The zero-order valence-corrected chi connectivity index (χ0v) is 7.52. The fourth-order valence-corrected chi connectivity index (χ4v) is 0.746. The Hall–Kier alpha value is -1.10. The van der Waals surface area contributed by atoms with Crippen molar-refractivity contribution in [2.75, 3.05) is 6.61 Å². The van der Waals surface area contributed by atoms with Crippen LogP contribution in [0.2, 0.25) is 0 Å². The minimum atomic E-state index is -1.22. The summed E-state index contributed by atoms with van der Waals surface area (Å²) in [6.45, 7) is 2.23. The van der Waals surface area contributed by atoms with E-state index >= 15 is 0 Å². The molecule has 0 fully saturated rings. The summed E-state index contributed by atoms with van der Waals surface area (Å²) in [5.74, 6) is -2.39. The van der Waals surface area contributed by atoms with Gasteiger partial charge in [-0.15, -0.1) is 0 Å². The Balaban J connectivity index is 3.81. The lowest BCUT2D eigenvalue weighted by Crippen LogP contribution is -2.27. The Bertz CT molecular complexity index is 177. The number of rotatable bonds is 7. The molecule has 0 saturated carbocycles. The number of carbonyl (C=O) groups is 2. The average molecular weight is 190 g/mol. The molecule has 2 N–H and O–H groups in total. The Morgan fingerprint density at radius 2 is 2.00 bits per heavy atom. The molecule has 0 bridgehead atoms. The maximum atomic E-state index is 10.4. The Morgan fingerprint density at radius 1 is 1.38 bits per heavy atom. The van der Waals surface area contributed by atoms with Crippen LogP contribution in [-0.2, 0) is 14.3 Å². The van der Waals surface area contributed by atoms with Crippen molar-refractivity contribution in [3.8, 4) is 0 Å². The Labute approximate surface area is 76.3 Å². The van der Waals surface area contributed by atoms with Gasteiger partial charge < -0.3 is 14.9 Å². The molecule has 13 heavy (non-hydrogen) atoms. The molecule has 0 rings (SSSR count). The van der Waals surface area contributed by atoms with Crippen molar-refractivity contribution in [3.05, 3.63) is 0 Å². The van der Waals surface area contributed by atoms with Gasteiger partial charge in [-0.1, -0.05) is 13.3 Å². The molecule has 5 nitrogen and oxygen atoms in total. The second kappa shape index (κ2) is 6.42. The van der Waals surface area contributed by atoms with Crippen molar-refractivity contribution in [3.63, 3.8) is 0 Å². The summed E-state index contributed by atoms with van der Waals surface area (Å²) in [6, 6.07) is 0. The van der Waals surface area contributed by atoms with Gasteiger partial charge in [-0.25, -0.2) is 4.79 Å². The van der Waals surface area contributed by atoms with Crippen molar-refractivity contribution in [1.29, 1.82) is 0 Å². The summed E-state index contributed by atoms with van der Waals surface area (Å²) >= 11 is 0. The van der Waals surface area contributed by atoms with E-state index in [0.717, 1.165) is 12.8 Å². The van der Waals surface area contributed by atoms with Crippen LogP contribution in [0.4, 0.5) is 0 Å². The third kappa shape index (κ3) is 6.10. The van der Waals surface area contributed by atoms with E-state index in [9.17, 15) is 9.59 Å². The highest BCUT2D eigenvalue weighted by molar-refractivity contribution is 5.79. The topological polar surface area (TPSA) is 83.8 Å². The van der Waals surface area contributed by atoms with Crippen LogP contribution in [0.1, 0.15) is 26.2 Å². The first-order valence-corrected chi connectivity index (χ1v) is 4.14. The molecule has 0 heterocycles. The lowest BCUT2D eigenvalue weighted by Gasteiger charge is -2.10. The number of hydrogen-bond donors (Lipinski definition) is 2. The summed E-state index contributed by atoms with van der Waals surface area (Å²) in [4.78, 5) is 20.6. The van der Waals surface area contributed by atoms with Gasteiger partial charge in [0.15, 0.2) is 6.10 Å². The van der Waals surface area contributed by atoms with Crippen molar-refractivity contribution in [1.82, 2.24) is 0 Å². The van der Waals surface area contributed by atoms with Gasteiger partial charge in [-0.3, -0.25) is 4.79 Å². The van der Waals surface area contributed by atoms with Crippen molar-refractivity contribution >= 4 is 11.9 Å².